The van der Waals surface area contributed by atoms with Gasteiger partial charge in [0.15, 0.2) is 11.5 Å². The van der Waals surface area contributed by atoms with Gasteiger partial charge < -0.3 is 30.5 Å². The first-order valence-electron chi connectivity index (χ1n) is 15.7. The molecule has 51 heavy (non-hydrogen) atoms. The molecule has 2 saturated heterocycles. The highest BCUT2D eigenvalue weighted by atomic mass is 35.5. The third-order valence-corrected chi connectivity index (χ3v) is 8.89. The minimum Gasteiger partial charge on any atom is -0.393 e. The zero-order chi connectivity index (χ0) is 36.4. The standard InChI is InChI=1S/C31H30ClF3N10O6/c32-20-11-16(1-3-19(20)29(48)43-7-9-44(10-8-43)30(49)22-12-18(46)5-6-36-22)13-39-28(47)27-38-15-23(40-27)24-25(41-42-26(24)31(33,34)35)21-4-2-17(14-37-21)45(50)51/h1-4,11,14-15,18,22,36,46H,5-10,12-13H2,(H,38,40)(H,39,47)(H,41,42). The van der Waals surface area contributed by atoms with Crippen molar-refractivity contribution in [3.63, 3.8) is 0 Å². The number of piperidine rings is 1. The Hall–Kier alpha value is -5.40. The average Bonchev–Trinajstić information content (AvgIpc) is 3.79. The molecule has 3 amide bonds. The van der Waals surface area contributed by atoms with Gasteiger partial charge in [-0.3, -0.25) is 29.6 Å². The number of nitro groups is 1. The highest BCUT2D eigenvalue weighted by molar-refractivity contribution is 6.33. The van der Waals surface area contributed by atoms with Crippen molar-refractivity contribution < 1.29 is 37.6 Å². The molecule has 6 rings (SSSR count). The number of amides is 3. The van der Waals surface area contributed by atoms with Crippen LogP contribution in [0.3, 0.4) is 0 Å². The van der Waals surface area contributed by atoms with Gasteiger partial charge in [0.1, 0.15) is 6.20 Å². The summed E-state index contributed by atoms with van der Waals surface area (Å²) >= 11 is 6.46. The molecule has 0 radical (unpaired) electrons. The number of nitrogens with zero attached hydrogens (tertiary/aromatic N) is 6. The van der Waals surface area contributed by atoms with Crippen LogP contribution in [0, 0.1) is 10.1 Å². The number of pyridine rings is 1. The van der Waals surface area contributed by atoms with E-state index >= 15 is 0 Å². The number of carbonyl (C=O) groups is 3. The Labute approximate surface area is 291 Å². The van der Waals surface area contributed by atoms with E-state index in [9.17, 15) is 42.8 Å². The van der Waals surface area contributed by atoms with Crippen molar-refractivity contribution in [1.82, 2.24) is 45.6 Å². The minimum absolute atomic E-state index is 0.0643. The quantitative estimate of drug-likeness (QED) is 0.132. The van der Waals surface area contributed by atoms with Crippen LogP contribution >= 0.6 is 11.6 Å². The second-order valence-electron chi connectivity index (χ2n) is 11.9. The van der Waals surface area contributed by atoms with Crippen molar-refractivity contribution in [2.24, 2.45) is 0 Å². The molecule has 5 heterocycles. The van der Waals surface area contributed by atoms with E-state index in [1.54, 1.807) is 15.9 Å². The Morgan fingerprint density at radius 3 is 2.47 bits per heavy atom. The maximum absolute atomic E-state index is 13.9. The molecule has 2 fully saturated rings. The van der Waals surface area contributed by atoms with E-state index in [1.165, 1.54) is 12.1 Å². The summed E-state index contributed by atoms with van der Waals surface area (Å²) < 4.78 is 41.6. The van der Waals surface area contributed by atoms with Gasteiger partial charge in [-0.2, -0.15) is 18.3 Å². The van der Waals surface area contributed by atoms with Crippen molar-refractivity contribution >= 4 is 35.0 Å². The number of halogens is 4. The molecule has 2 aliphatic rings. The van der Waals surface area contributed by atoms with Crippen molar-refractivity contribution in [2.75, 3.05) is 32.7 Å². The van der Waals surface area contributed by atoms with Gasteiger partial charge in [-0.1, -0.05) is 17.7 Å². The fraction of sp³-hybridized carbons (Fsp3) is 0.355. The summed E-state index contributed by atoms with van der Waals surface area (Å²) in [5, 5.41) is 32.4. The first-order valence-corrected chi connectivity index (χ1v) is 16.1. The first-order chi connectivity index (χ1) is 24.3. The maximum atomic E-state index is 13.9. The number of aromatic amines is 2. The molecule has 5 N–H and O–H groups in total. The minimum atomic E-state index is -4.91. The fourth-order valence-corrected chi connectivity index (χ4v) is 6.20. The molecule has 2 unspecified atom stereocenters. The number of hydrogen-bond donors (Lipinski definition) is 5. The molecule has 2 atom stereocenters. The molecular formula is C31H30ClF3N10O6. The molecule has 16 nitrogen and oxygen atoms in total. The number of alkyl halides is 3. The molecule has 3 aromatic heterocycles. The number of nitrogens with one attached hydrogen (secondary N) is 4. The second kappa shape index (κ2) is 14.4. The molecule has 20 heteroatoms. The number of imidazole rings is 1. The second-order valence-corrected chi connectivity index (χ2v) is 12.3. The molecule has 268 valence electrons. The number of aromatic nitrogens is 5. The van der Waals surface area contributed by atoms with Gasteiger partial charge in [-0.05, 0) is 43.1 Å². The van der Waals surface area contributed by atoms with Crippen LogP contribution in [0.15, 0.2) is 42.7 Å². The van der Waals surface area contributed by atoms with Crippen LogP contribution in [-0.2, 0) is 17.5 Å². The van der Waals surface area contributed by atoms with Crippen LogP contribution in [0.25, 0.3) is 22.6 Å². The van der Waals surface area contributed by atoms with Gasteiger partial charge in [0.25, 0.3) is 17.5 Å². The Morgan fingerprint density at radius 2 is 1.82 bits per heavy atom. The molecule has 2 aliphatic heterocycles. The lowest BCUT2D eigenvalue weighted by Gasteiger charge is -2.38. The molecule has 0 spiro atoms. The number of hydrogen-bond acceptors (Lipinski definition) is 10. The van der Waals surface area contributed by atoms with Crippen LogP contribution in [0.5, 0.6) is 0 Å². The van der Waals surface area contributed by atoms with Crippen LogP contribution in [0.1, 0.15) is 45.1 Å². The van der Waals surface area contributed by atoms with Crippen molar-refractivity contribution in [3.8, 4) is 22.6 Å². The van der Waals surface area contributed by atoms with Gasteiger partial charge in [0.2, 0.25) is 5.91 Å². The van der Waals surface area contributed by atoms with Crippen LogP contribution in [0.2, 0.25) is 5.02 Å². The number of piperazine rings is 1. The molecule has 0 aliphatic carbocycles. The lowest BCUT2D eigenvalue weighted by molar-refractivity contribution is -0.385. The monoisotopic (exact) mass is 730 g/mol. The zero-order valence-electron chi connectivity index (χ0n) is 26.5. The summed E-state index contributed by atoms with van der Waals surface area (Å²) in [5.74, 6) is -1.49. The van der Waals surface area contributed by atoms with E-state index in [1.807, 2.05) is 0 Å². The largest absolute Gasteiger partial charge is 0.435 e. The normalized spacial score (nSPS) is 18.1. The predicted molar refractivity (Wildman–Crippen MR) is 173 cm³/mol. The summed E-state index contributed by atoms with van der Waals surface area (Å²) in [4.78, 5) is 63.0. The number of H-pyrrole nitrogens is 2. The van der Waals surface area contributed by atoms with Gasteiger partial charge >= 0.3 is 6.18 Å². The predicted octanol–water partition coefficient (Wildman–Crippen LogP) is 2.77. The average molecular weight is 731 g/mol. The molecule has 0 bridgehead atoms. The topological polar surface area (TPSA) is 215 Å². The van der Waals surface area contributed by atoms with Gasteiger partial charge in [0, 0.05) is 38.8 Å². The Balaban J connectivity index is 1.08. The SMILES string of the molecule is O=C(NCc1ccc(C(=O)N2CCN(C(=O)C3CC(O)CCN3)CC2)c(Cl)c1)c1ncc(-c2c(C(F)(F)F)n[nH]c2-c2ccc([N+](=O)[O-])cn2)[nH]1. The van der Waals surface area contributed by atoms with E-state index < -0.39 is 40.4 Å². The zero-order valence-corrected chi connectivity index (χ0v) is 27.3. The summed E-state index contributed by atoms with van der Waals surface area (Å²) in [6.45, 7) is 1.77. The van der Waals surface area contributed by atoms with Crippen LogP contribution in [0.4, 0.5) is 18.9 Å². The smallest absolute Gasteiger partial charge is 0.393 e. The van der Waals surface area contributed by atoms with E-state index in [-0.39, 0.29) is 57.5 Å². The van der Waals surface area contributed by atoms with E-state index in [2.05, 4.69) is 35.8 Å². The first kappa shape index (κ1) is 35.4. The Morgan fingerprint density at radius 1 is 1.08 bits per heavy atom. The van der Waals surface area contributed by atoms with Crippen molar-refractivity contribution in [1.29, 1.82) is 0 Å². The van der Waals surface area contributed by atoms with E-state index in [4.69, 9.17) is 11.6 Å². The number of carbonyl (C=O) groups excluding carboxylic acids is 3. The van der Waals surface area contributed by atoms with E-state index in [0.717, 1.165) is 24.5 Å². The van der Waals surface area contributed by atoms with Crippen LogP contribution < -0.4 is 10.6 Å². The highest BCUT2D eigenvalue weighted by Crippen LogP contribution is 2.40. The summed E-state index contributed by atoms with van der Waals surface area (Å²) in [6, 6.07) is 6.41. The number of aliphatic hydroxyl groups is 1. The number of aliphatic hydroxyl groups excluding tert-OH is 1. The highest BCUT2D eigenvalue weighted by Gasteiger charge is 2.40. The van der Waals surface area contributed by atoms with Gasteiger partial charge in [-0.25, -0.2) is 9.97 Å². The number of rotatable bonds is 8. The summed E-state index contributed by atoms with van der Waals surface area (Å²) in [6.07, 6.45) is -2.57. The molecule has 4 aromatic rings. The molecular weight excluding hydrogens is 701 g/mol. The van der Waals surface area contributed by atoms with Crippen molar-refractivity contribution in [2.45, 2.75) is 37.7 Å². The van der Waals surface area contributed by atoms with Gasteiger partial charge in [-0.15, -0.1) is 0 Å². The maximum Gasteiger partial charge on any atom is 0.435 e. The fourth-order valence-electron chi connectivity index (χ4n) is 5.91. The van der Waals surface area contributed by atoms with Crippen molar-refractivity contribution in [3.05, 3.63) is 80.5 Å². The van der Waals surface area contributed by atoms with E-state index in [0.29, 0.717) is 51.1 Å². The van der Waals surface area contributed by atoms with Gasteiger partial charge in [0.05, 0.1) is 56.5 Å². The lowest BCUT2D eigenvalue weighted by atomic mass is 10.0. The summed E-state index contributed by atoms with van der Waals surface area (Å²) in [7, 11) is 0. The molecule has 1 aromatic carbocycles. The third-order valence-electron chi connectivity index (χ3n) is 8.58. The van der Waals surface area contributed by atoms with Crippen LogP contribution in [-0.4, -0.2) is 108 Å². The Bertz CT molecular complexity index is 1960. The number of benzene rings is 1. The third kappa shape index (κ3) is 7.69. The Kier molecular flexibility index (Phi) is 10.0. The molecule has 0 saturated carbocycles. The lowest BCUT2D eigenvalue weighted by Crippen LogP contribution is -2.57. The summed E-state index contributed by atoms with van der Waals surface area (Å²) in [5.41, 5.74) is -1.89.